The number of hydrogen-bond acceptors (Lipinski definition) is 2. The van der Waals surface area contributed by atoms with E-state index in [4.69, 9.17) is 4.74 Å². The van der Waals surface area contributed by atoms with Crippen molar-refractivity contribution in [2.24, 2.45) is 0 Å². The van der Waals surface area contributed by atoms with Gasteiger partial charge in [0, 0.05) is 0 Å². The minimum absolute atomic E-state index is 0.386. The first-order valence-corrected chi connectivity index (χ1v) is 7.06. The minimum atomic E-state index is -0.386. The van der Waals surface area contributed by atoms with Crippen molar-refractivity contribution < 1.29 is 9.84 Å². The van der Waals surface area contributed by atoms with Crippen LogP contribution in [-0.2, 0) is 6.61 Å². The highest BCUT2D eigenvalue weighted by molar-refractivity contribution is 5.31. The summed E-state index contributed by atoms with van der Waals surface area (Å²) in [6, 6.07) is 14.1. The first-order chi connectivity index (χ1) is 9.58. The van der Waals surface area contributed by atoms with Gasteiger partial charge in [0.05, 0.1) is 6.10 Å². The Kier molecular flexibility index (Phi) is 4.80. The Bertz CT molecular complexity index is 538. The van der Waals surface area contributed by atoms with Crippen molar-refractivity contribution in [1.82, 2.24) is 0 Å². The molecule has 0 aromatic heterocycles. The number of hydrogen-bond donors (Lipinski definition) is 1. The molecule has 0 aliphatic rings. The van der Waals surface area contributed by atoms with Crippen LogP contribution >= 0.6 is 0 Å². The molecule has 0 aliphatic carbocycles. The lowest BCUT2D eigenvalue weighted by Crippen LogP contribution is -1.98. The SMILES string of the molecule is CC[C@@H](O)c1ccc(OCc2cc(C)cc(C)c2)cc1. The molecule has 0 aliphatic heterocycles. The number of ether oxygens (including phenoxy) is 1. The van der Waals surface area contributed by atoms with Gasteiger partial charge in [-0.15, -0.1) is 0 Å². The van der Waals surface area contributed by atoms with Gasteiger partial charge < -0.3 is 9.84 Å². The van der Waals surface area contributed by atoms with Gasteiger partial charge in [0.1, 0.15) is 12.4 Å². The molecule has 0 saturated heterocycles. The summed E-state index contributed by atoms with van der Waals surface area (Å²) in [6.07, 6.45) is 0.339. The summed E-state index contributed by atoms with van der Waals surface area (Å²) in [5.41, 5.74) is 4.63. The largest absolute Gasteiger partial charge is 0.489 e. The van der Waals surface area contributed by atoms with Crippen molar-refractivity contribution in [2.75, 3.05) is 0 Å². The highest BCUT2D eigenvalue weighted by Gasteiger charge is 2.04. The van der Waals surface area contributed by atoms with Gasteiger partial charge in [0.25, 0.3) is 0 Å². The molecule has 0 radical (unpaired) electrons. The molecule has 1 N–H and O–H groups in total. The molecule has 0 amide bonds. The van der Waals surface area contributed by atoms with E-state index >= 15 is 0 Å². The summed E-state index contributed by atoms with van der Waals surface area (Å²) in [4.78, 5) is 0. The van der Waals surface area contributed by atoms with Gasteiger partial charge in [-0.25, -0.2) is 0 Å². The molecule has 0 fully saturated rings. The van der Waals surface area contributed by atoms with Crippen molar-refractivity contribution in [3.63, 3.8) is 0 Å². The summed E-state index contributed by atoms with van der Waals surface area (Å²) in [6.45, 7) is 6.72. The second kappa shape index (κ2) is 6.58. The number of aryl methyl sites for hydroxylation is 2. The number of benzene rings is 2. The molecule has 2 rings (SSSR count). The average molecular weight is 270 g/mol. The van der Waals surface area contributed by atoms with E-state index in [1.165, 1.54) is 16.7 Å². The molecule has 2 nitrogen and oxygen atoms in total. The van der Waals surface area contributed by atoms with Crippen LogP contribution in [0.1, 0.15) is 41.7 Å². The zero-order chi connectivity index (χ0) is 14.5. The van der Waals surface area contributed by atoms with Crippen LogP contribution < -0.4 is 4.74 Å². The highest BCUT2D eigenvalue weighted by Crippen LogP contribution is 2.20. The van der Waals surface area contributed by atoms with E-state index in [-0.39, 0.29) is 6.10 Å². The maximum absolute atomic E-state index is 9.75. The van der Waals surface area contributed by atoms with E-state index < -0.39 is 0 Å². The van der Waals surface area contributed by atoms with Crippen LogP contribution in [-0.4, -0.2) is 5.11 Å². The maximum atomic E-state index is 9.75. The van der Waals surface area contributed by atoms with E-state index in [1.54, 1.807) is 0 Å². The van der Waals surface area contributed by atoms with Gasteiger partial charge >= 0.3 is 0 Å². The zero-order valence-corrected chi connectivity index (χ0v) is 12.4. The Morgan fingerprint density at radius 2 is 1.60 bits per heavy atom. The van der Waals surface area contributed by atoms with Crippen LogP contribution in [0.2, 0.25) is 0 Å². The van der Waals surface area contributed by atoms with Gasteiger partial charge in [-0.3, -0.25) is 0 Å². The molecule has 2 aromatic carbocycles. The molecule has 2 heteroatoms. The van der Waals surface area contributed by atoms with Crippen LogP contribution in [0.15, 0.2) is 42.5 Å². The fourth-order valence-corrected chi connectivity index (χ4v) is 2.34. The Morgan fingerprint density at radius 3 is 2.15 bits per heavy atom. The van der Waals surface area contributed by atoms with Crippen molar-refractivity contribution >= 4 is 0 Å². The Morgan fingerprint density at radius 1 is 1.00 bits per heavy atom. The van der Waals surface area contributed by atoms with Gasteiger partial charge in [0.15, 0.2) is 0 Å². The first-order valence-electron chi connectivity index (χ1n) is 7.06. The van der Waals surface area contributed by atoms with Crippen molar-refractivity contribution in [1.29, 1.82) is 0 Å². The van der Waals surface area contributed by atoms with Crippen LogP contribution in [0.5, 0.6) is 5.75 Å². The molecule has 0 saturated carbocycles. The van der Waals surface area contributed by atoms with Gasteiger partial charge in [0.2, 0.25) is 0 Å². The van der Waals surface area contributed by atoms with E-state index in [0.29, 0.717) is 6.61 Å². The van der Waals surface area contributed by atoms with Crippen LogP contribution in [0.25, 0.3) is 0 Å². The quantitative estimate of drug-likeness (QED) is 0.876. The third-order valence-electron chi connectivity index (χ3n) is 3.34. The summed E-state index contributed by atoms with van der Waals surface area (Å²) >= 11 is 0. The molecule has 1 atom stereocenters. The lowest BCUT2D eigenvalue weighted by molar-refractivity contribution is 0.173. The smallest absolute Gasteiger partial charge is 0.119 e. The monoisotopic (exact) mass is 270 g/mol. The molecule has 0 unspecified atom stereocenters. The molecular weight excluding hydrogens is 248 g/mol. The Labute approximate surface area is 121 Å². The van der Waals surface area contributed by atoms with Gasteiger partial charge in [-0.05, 0) is 43.5 Å². The standard InChI is InChI=1S/C18H22O2/c1-4-18(19)16-5-7-17(8-6-16)20-12-15-10-13(2)9-14(3)11-15/h5-11,18-19H,4,12H2,1-3H3/t18-/m1/s1. The third-order valence-corrected chi connectivity index (χ3v) is 3.34. The van der Waals surface area contributed by atoms with E-state index in [1.807, 2.05) is 31.2 Å². The van der Waals surface area contributed by atoms with Crippen LogP contribution in [0, 0.1) is 13.8 Å². The van der Waals surface area contributed by atoms with E-state index in [0.717, 1.165) is 17.7 Å². The minimum Gasteiger partial charge on any atom is -0.489 e. The normalized spacial score (nSPS) is 12.2. The number of rotatable bonds is 5. The third kappa shape index (κ3) is 3.84. The maximum Gasteiger partial charge on any atom is 0.119 e. The first kappa shape index (κ1) is 14.6. The number of aliphatic hydroxyl groups excluding tert-OH is 1. The fourth-order valence-electron chi connectivity index (χ4n) is 2.34. The summed E-state index contributed by atoms with van der Waals surface area (Å²) in [5.74, 6) is 0.830. The van der Waals surface area contributed by atoms with E-state index in [2.05, 4.69) is 32.0 Å². The topological polar surface area (TPSA) is 29.5 Å². The Hall–Kier alpha value is -1.80. The van der Waals surface area contributed by atoms with E-state index in [9.17, 15) is 5.11 Å². The predicted molar refractivity (Wildman–Crippen MR) is 81.9 cm³/mol. The average Bonchev–Trinajstić information content (AvgIpc) is 2.44. The van der Waals surface area contributed by atoms with Crippen molar-refractivity contribution in [3.05, 3.63) is 64.7 Å². The van der Waals surface area contributed by atoms with Gasteiger partial charge in [-0.2, -0.15) is 0 Å². The summed E-state index contributed by atoms with van der Waals surface area (Å²) in [5, 5.41) is 9.75. The fraction of sp³-hybridized carbons (Fsp3) is 0.333. The molecule has 2 aromatic rings. The second-order valence-electron chi connectivity index (χ2n) is 5.28. The molecule has 20 heavy (non-hydrogen) atoms. The van der Waals surface area contributed by atoms with Crippen molar-refractivity contribution in [3.8, 4) is 5.75 Å². The predicted octanol–water partition coefficient (Wildman–Crippen LogP) is 4.33. The molecule has 0 spiro atoms. The molecule has 0 bridgehead atoms. The Balaban J connectivity index is 2.00. The molecule has 0 heterocycles. The van der Waals surface area contributed by atoms with Crippen LogP contribution in [0.3, 0.4) is 0 Å². The summed E-state index contributed by atoms with van der Waals surface area (Å²) in [7, 11) is 0. The zero-order valence-electron chi connectivity index (χ0n) is 12.4. The lowest BCUT2D eigenvalue weighted by Gasteiger charge is -2.11. The molecule has 106 valence electrons. The summed E-state index contributed by atoms with van der Waals surface area (Å²) < 4.78 is 5.79. The van der Waals surface area contributed by atoms with Crippen LogP contribution in [0.4, 0.5) is 0 Å². The number of aliphatic hydroxyl groups is 1. The lowest BCUT2D eigenvalue weighted by atomic mass is 10.1. The molecular formula is C18H22O2. The highest BCUT2D eigenvalue weighted by atomic mass is 16.5. The second-order valence-corrected chi connectivity index (χ2v) is 5.28. The van der Waals surface area contributed by atoms with Gasteiger partial charge in [-0.1, -0.05) is 48.4 Å². The van der Waals surface area contributed by atoms with Crippen molar-refractivity contribution in [2.45, 2.75) is 39.9 Å².